The molecule has 0 bridgehead atoms. The largest absolute Gasteiger partial charge is 0.420 e. The Morgan fingerprint density at radius 1 is 1.35 bits per heavy atom. The monoisotopic (exact) mass is 341 g/mol. The third-order valence-corrected chi connectivity index (χ3v) is 4.28. The van der Waals surface area contributed by atoms with Gasteiger partial charge in [0.1, 0.15) is 6.54 Å². The molecule has 1 heterocycles. The van der Waals surface area contributed by atoms with E-state index in [1.54, 1.807) is 0 Å². The molecule has 0 aliphatic carbocycles. The van der Waals surface area contributed by atoms with Gasteiger partial charge in [-0.25, -0.2) is 18.4 Å². The van der Waals surface area contributed by atoms with Gasteiger partial charge in [0.15, 0.2) is 5.58 Å². The molecule has 1 aromatic heterocycles. The number of sulfonamides is 1. The van der Waals surface area contributed by atoms with E-state index in [0.29, 0.717) is 12.1 Å². The third kappa shape index (κ3) is 4.20. The maximum atomic E-state index is 11.9. The zero-order valence-corrected chi connectivity index (χ0v) is 13.6. The van der Waals surface area contributed by atoms with Crippen LogP contribution in [0.25, 0.3) is 11.1 Å². The minimum Gasteiger partial charge on any atom is -0.408 e. The second-order valence-corrected chi connectivity index (χ2v) is 6.75. The van der Waals surface area contributed by atoms with Crippen LogP contribution in [-0.4, -0.2) is 25.4 Å². The van der Waals surface area contributed by atoms with E-state index in [1.807, 2.05) is 0 Å². The first-order valence-electron chi connectivity index (χ1n) is 7.26. The van der Waals surface area contributed by atoms with Crippen LogP contribution in [0.2, 0.25) is 0 Å². The first-order valence-corrected chi connectivity index (χ1v) is 8.80. The van der Waals surface area contributed by atoms with Gasteiger partial charge in [0.05, 0.1) is 10.4 Å². The summed E-state index contributed by atoms with van der Waals surface area (Å²) in [4.78, 5) is 23.6. The summed E-state index contributed by atoms with van der Waals surface area (Å²) < 4.78 is 28.7. The van der Waals surface area contributed by atoms with Gasteiger partial charge in [-0.15, -0.1) is 0 Å². The van der Waals surface area contributed by atoms with Crippen LogP contribution in [0.15, 0.2) is 32.3 Å². The molecule has 0 aliphatic rings. The first kappa shape index (κ1) is 17.2. The highest BCUT2D eigenvalue weighted by Crippen LogP contribution is 2.17. The minimum absolute atomic E-state index is 0.0697. The van der Waals surface area contributed by atoms with Crippen LogP contribution in [0.3, 0.4) is 0 Å². The fourth-order valence-electron chi connectivity index (χ4n) is 2.18. The molecule has 0 radical (unpaired) electrons. The van der Waals surface area contributed by atoms with Crippen molar-refractivity contribution in [1.29, 1.82) is 0 Å². The van der Waals surface area contributed by atoms with E-state index >= 15 is 0 Å². The molecule has 0 unspecified atom stereocenters. The summed E-state index contributed by atoms with van der Waals surface area (Å²) >= 11 is 0. The fourth-order valence-corrected chi connectivity index (χ4v) is 2.70. The molecule has 2 aromatic rings. The van der Waals surface area contributed by atoms with Crippen LogP contribution in [-0.2, 0) is 21.4 Å². The van der Waals surface area contributed by atoms with Crippen molar-refractivity contribution >= 4 is 27.0 Å². The lowest BCUT2D eigenvalue weighted by Gasteiger charge is -2.05. The molecule has 1 amide bonds. The molecular weight excluding hydrogens is 322 g/mol. The molecule has 0 aliphatic heterocycles. The first-order chi connectivity index (χ1) is 10.8. The third-order valence-electron chi connectivity index (χ3n) is 3.37. The number of aromatic nitrogens is 1. The molecule has 2 rings (SSSR count). The maximum Gasteiger partial charge on any atom is 0.420 e. The summed E-state index contributed by atoms with van der Waals surface area (Å²) in [6, 6.07) is 3.83. The zero-order chi connectivity index (χ0) is 17.0. The summed E-state index contributed by atoms with van der Waals surface area (Å²) in [6.07, 6.45) is 2.94. The lowest BCUT2D eigenvalue weighted by atomic mass is 10.2. The van der Waals surface area contributed by atoms with Crippen LogP contribution >= 0.6 is 0 Å². The number of hydrogen-bond donors (Lipinski definition) is 2. The predicted octanol–water partition coefficient (Wildman–Crippen LogP) is 0.548. The SMILES string of the molecule is CCCCCNC(=O)Cn1c(=O)oc2cc(S(N)(=O)=O)ccc21. The number of fused-ring (bicyclic) bond motifs is 1. The number of nitrogens with zero attached hydrogens (tertiary/aromatic N) is 1. The number of benzene rings is 1. The van der Waals surface area contributed by atoms with Gasteiger partial charge in [0.25, 0.3) is 0 Å². The Morgan fingerprint density at radius 3 is 2.74 bits per heavy atom. The quantitative estimate of drug-likeness (QED) is 0.712. The normalized spacial score (nSPS) is 11.7. The summed E-state index contributed by atoms with van der Waals surface area (Å²) in [6.45, 7) is 2.42. The molecular formula is C14H19N3O5S. The van der Waals surface area contributed by atoms with Crippen LogP contribution in [0.4, 0.5) is 0 Å². The molecule has 9 heteroatoms. The Morgan fingerprint density at radius 2 is 2.09 bits per heavy atom. The molecule has 23 heavy (non-hydrogen) atoms. The minimum atomic E-state index is -3.89. The van der Waals surface area contributed by atoms with Crippen LogP contribution in [0, 0.1) is 0 Å². The Labute approximate surface area is 133 Å². The summed E-state index contributed by atoms with van der Waals surface area (Å²) in [5.41, 5.74) is 0.409. The van der Waals surface area contributed by atoms with Crippen molar-refractivity contribution in [2.45, 2.75) is 37.6 Å². The Balaban J connectivity index is 2.20. The Bertz CT molecular complexity index is 866. The predicted molar refractivity (Wildman–Crippen MR) is 84.4 cm³/mol. The topological polar surface area (TPSA) is 124 Å². The molecule has 3 N–H and O–H groups in total. The van der Waals surface area contributed by atoms with E-state index in [-0.39, 0.29) is 22.9 Å². The highest BCUT2D eigenvalue weighted by Gasteiger charge is 2.16. The van der Waals surface area contributed by atoms with Gasteiger partial charge in [0.2, 0.25) is 15.9 Å². The van der Waals surface area contributed by atoms with Crippen molar-refractivity contribution in [3.8, 4) is 0 Å². The smallest absolute Gasteiger partial charge is 0.408 e. The molecule has 0 fully saturated rings. The zero-order valence-electron chi connectivity index (χ0n) is 12.7. The highest BCUT2D eigenvalue weighted by molar-refractivity contribution is 7.89. The average molecular weight is 341 g/mol. The van der Waals surface area contributed by atoms with Crippen molar-refractivity contribution in [2.24, 2.45) is 5.14 Å². The number of hydrogen-bond acceptors (Lipinski definition) is 5. The van der Waals surface area contributed by atoms with Crippen LogP contribution < -0.4 is 16.2 Å². The van der Waals surface area contributed by atoms with E-state index in [2.05, 4.69) is 12.2 Å². The summed E-state index contributed by atoms with van der Waals surface area (Å²) in [5.74, 6) is -1.03. The average Bonchev–Trinajstić information content (AvgIpc) is 2.78. The van der Waals surface area contributed by atoms with Gasteiger partial charge in [-0.1, -0.05) is 19.8 Å². The van der Waals surface area contributed by atoms with E-state index in [1.165, 1.54) is 18.2 Å². The van der Waals surface area contributed by atoms with E-state index in [9.17, 15) is 18.0 Å². The van der Waals surface area contributed by atoms with E-state index in [0.717, 1.165) is 23.8 Å². The summed E-state index contributed by atoms with van der Waals surface area (Å²) in [5, 5.41) is 7.76. The van der Waals surface area contributed by atoms with Gasteiger partial charge < -0.3 is 9.73 Å². The number of nitrogens with one attached hydrogen (secondary N) is 1. The number of primary sulfonamides is 1. The van der Waals surface area contributed by atoms with Gasteiger partial charge >= 0.3 is 5.76 Å². The van der Waals surface area contributed by atoms with Gasteiger partial charge in [-0.2, -0.15) is 0 Å². The molecule has 0 saturated carbocycles. The number of carbonyl (C=O) groups is 1. The van der Waals surface area contributed by atoms with Crippen molar-refractivity contribution in [3.05, 3.63) is 28.7 Å². The van der Waals surface area contributed by atoms with Gasteiger partial charge in [-0.3, -0.25) is 9.36 Å². The second kappa shape index (κ2) is 6.97. The standard InChI is InChI=1S/C14H19N3O5S/c1-2-3-4-7-16-13(18)9-17-11-6-5-10(23(15,20)21)8-12(11)22-14(17)19/h5-6,8H,2-4,7,9H2,1H3,(H,16,18)(H2,15,20,21). The number of nitrogens with two attached hydrogens (primary N) is 1. The number of carbonyl (C=O) groups excluding carboxylic acids is 1. The van der Waals surface area contributed by atoms with Crippen LogP contribution in [0.1, 0.15) is 26.2 Å². The van der Waals surface area contributed by atoms with Crippen molar-refractivity contribution in [2.75, 3.05) is 6.54 Å². The molecule has 0 atom stereocenters. The number of rotatable bonds is 7. The van der Waals surface area contributed by atoms with Gasteiger partial charge in [0, 0.05) is 12.6 Å². The van der Waals surface area contributed by atoms with E-state index < -0.39 is 15.8 Å². The van der Waals surface area contributed by atoms with Crippen molar-refractivity contribution in [1.82, 2.24) is 9.88 Å². The molecule has 1 aromatic carbocycles. The highest BCUT2D eigenvalue weighted by atomic mass is 32.2. The molecule has 0 saturated heterocycles. The second-order valence-electron chi connectivity index (χ2n) is 5.19. The lowest BCUT2D eigenvalue weighted by Crippen LogP contribution is -2.31. The molecule has 8 nitrogen and oxygen atoms in total. The number of unbranched alkanes of at least 4 members (excludes halogenated alkanes) is 2. The van der Waals surface area contributed by atoms with Crippen molar-refractivity contribution in [3.63, 3.8) is 0 Å². The molecule has 126 valence electrons. The Kier molecular flexibility index (Phi) is 5.22. The fraction of sp³-hybridized carbons (Fsp3) is 0.429. The van der Waals surface area contributed by atoms with Crippen molar-refractivity contribution < 1.29 is 17.6 Å². The van der Waals surface area contributed by atoms with Crippen LogP contribution in [0.5, 0.6) is 0 Å². The van der Waals surface area contributed by atoms with E-state index in [4.69, 9.17) is 9.56 Å². The van der Waals surface area contributed by atoms with Gasteiger partial charge in [-0.05, 0) is 18.6 Å². The molecule has 0 spiro atoms. The lowest BCUT2D eigenvalue weighted by molar-refractivity contribution is -0.121. The number of amides is 1. The maximum absolute atomic E-state index is 11.9. The Hall–Kier alpha value is -2.13. The number of oxazole rings is 1. The summed E-state index contributed by atoms with van der Waals surface area (Å²) in [7, 11) is -3.89.